The molecule has 0 aliphatic heterocycles. The van der Waals surface area contributed by atoms with E-state index in [1.807, 2.05) is 24.5 Å². The summed E-state index contributed by atoms with van der Waals surface area (Å²) < 4.78 is 15.3. The van der Waals surface area contributed by atoms with Crippen LogP contribution in [0.4, 0.5) is 4.39 Å². The zero-order valence-corrected chi connectivity index (χ0v) is 16.3. The summed E-state index contributed by atoms with van der Waals surface area (Å²) in [6, 6.07) is 6.32. The minimum Gasteiger partial charge on any atom is -0.477 e. The number of halogens is 2. The van der Waals surface area contributed by atoms with Gasteiger partial charge < -0.3 is 9.67 Å². The van der Waals surface area contributed by atoms with Crippen LogP contribution in [0, 0.1) is 26.6 Å². The number of hydrogen-bond acceptors (Lipinski definition) is 4. The lowest BCUT2D eigenvalue weighted by Crippen LogP contribution is -2.00. The lowest BCUT2D eigenvalue weighted by atomic mass is 10.2. The molecule has 0 saturated carbocycles. The summed E-state index contributed by atoms with van der Waals surface area (Å²) in [5.74, 6) is -0.958. The lowest BCUT2D eigenvalue weighted by molar-refractivity contribution is -0.131. The van der Waals surface area contributed by atoms with Crippen LogP contribution >= 0.6 is 23.4 Å². The van der Waals surface area contributed by atoms with Gasteiger partial charge in [-0.2, -0.15) is 0 Å². The van der Waals surface area contributed by atoms with Gasteiger partial charge >= 0.3 is 5.97 Å². The number of nitrogens with zero attached hydrogens (tertiary/aromatic N) is 3. The molecule has 0 aliphatic rings. The van der Waals surface area contributed by atoms with Crippen molar-refractivity contribution in [3.63, 3.8) is 0 Å². The van der Waals surface area contributed by atoms with Crippen LogP contribution in [0.1, 0.15) is 22.8 Å². The number of thioether (sulfide) groups is 1. The van der Waals surface area contributed by atoms with Crippen molar-refractivity contribution < 1.29 is 14.3 Å². The van der Waals surface area contributed by atoms with Gasteiger partial charge in [0.15, 0.2) is 0 Å². The maximum absolute atomic E-state index is 13.5. The summed E-state index contributed by atoms with van der Waals surface area (Å²) in [4.78, 5) is 15.9. The quantitative estimate of drug-likeness (QED) is 0.480. The normalized spacial score (nSPS) is 11.8. The number of aromatic amines is 1. The Labute approximate surface area is 164 Å². The average molecular weight is 407 g/mol. The van der Waals surface area contributed by atoms with Crippen LogP contribution in [0.2, 0.25) is 5.02 Å². The predicted molar refractivity (Wildman–Crippen MR) is 103 cm³/mol. The number of aryl methyl sites for hydroxylation is 2. The fourth-order valence-corrected chi connectivity index (χ4v) is 3.62. The zero-order valence-electron chi connectivity index (χ0n) is 14.7. The van der Waals surface area contributed by atoms with Crippen molar-refractivity contribution in [2.75, 3.05) is 0 Å². The number of H-pyrrole nitrogens is 1. The number of rotatable bonds is 5. The fraction of sp³-hybridized carbons (Fsp3) is 0.167. The molecule has 0 bridgehead atoms. The molecule has 27 heavy (non-hydrogen) atoms. The van der Waals surface area contributed by atoms with E-state index >= 15 is 0 Å². The molecule has 3 rings (SSSR count). The van der Waals surface area contributed by atoms with Crippen LogP contribution in [-0.2, 0) is 4.79 Å². The number of hydrogen-bond donors (Lipinski definition) is 2. The molecule has 6 nitrogen and oxygen atoms in total. The molecule has 0 amide bonds. The first-order valence-electron chi connectivity index (χ1n) is 7.92. The van der Waals surface area contributed by atoms with E-state index < -0.39 is 11.8 Å². The largest absolute Gasteiger partial charge is 0.477 e. The van der Waals surface area contributed by atoms with Crippen molar-refractivity contribution in [3.05, 3.63) is 62.8 Å². The fourth-order valence-electron chi connectivity index (χ4n) is 2.70. The number of carboxylic acids is 1. The molecule has 140 valence electrons. The highest BCUT2D eigenvalue weighted by atomic mass is 35.5. The van der Waals surface area contributed by atoms with Gasteiger partial charge in [-0.15, -0.1) is 5.10 Å². The summed E-state index contributed by atoms with van der Waals surface area (Å²) in [5.41, 5.74) is 3.10. The van der Waals surface area contributed by atoms with Crippen LogP contribution in [0.25, 0.3) is 11.8 Å². The Kier molecular flexibility index (Phi) is 5.38. The summed E-state index contributed by atoms with van der Waals surface area (Å²) >= 11 is 6.86. The van der Waals surface area contributed by atoms with Gasteiger partial charge in [0, 0.05) is 17.1 Å². The van der Waals surface area contributed by atoms with Crippen molar-refractivity contribution in [1.82, 2.24) is 19.7 Å². The molecule has 2 N–H and O–H groups in total. The van der Waals surface area contributed by atoms with Crippen molar-refractivity contribution in [2.45, 2.75) is 25.9 Å². The Morgan fingerprint density at radius 2 is 2.07 bits per heavy atom. The van der Waals surface area contributed by atoms with E-state index in [0.29, 0.717) is 16.7 Å². The smallest absolute Gasteiger partial charge is 0.342 e. The lowest BCUT2D eigenvalue weighted by Gasteiger charge is -2.10. The first-order chi connectivity index (χ1) is 12.8. The van der Waals surface area contributed by atoms with E-state index in [0.717, 1.165) is 28.7 Å². The molecule has 0 unspecified atom stereocenters. The molecule has 0 atom stereocenters. The second-order valence-electron chi connectivity index (χ2n) is 5.88. The van der Waals surface area contributed by atoms with E-state index in [1.165, 1.54) is 12.1 Å². The molecule has 1 aromatic carbocycles. The Balaban J connectivity index is 2.02. The van der Waals surface area contributed by atoms with Gasteiger partial charge in [-0.05, 0) is 68.4 Å². The molecule has 0 spiro atoms. The van der Waals surface area contributed by atoms with Gasteiger partial charge in [-0.25, -0.2) is 14.2 Å². The summed E-state index contributed by atoms with van der Waals surface area (Å²) in [6.45, 7) is 5.48. The summed E-state index contributed by atoms with van der Waals surface area (Å²) in [5, 5.41) is 16.5. The maximum Gasteiger partial charge on any atom is 0.342 e. The highest BCUT2D eigenvalue weighted by molar-refractivity contribution is 8.04. The first kappa shape index (κ1) is 19.2. The number of aliphatic carboxylic acids is 1. The van der Waals surface area contributed by atoms with Crippen LogP contribution in [0.5, 0.6) is 0 Å². The van der Waals surface area contributed by atoms with Crippen molar-refractivity contribution in [2.24, 2.45) is 0 Å². The minimum absolute atomic E-state index is 0.0267. The van der Waals surface area contributed by atoms with Crippen LogP contribution in [-0.4, -0.2) is 30.8 Å². The van der Waals surface area contributed by atoms with E-state index in [2.05, 4.69) is 15.2 Å². The average Bonchev–Trinajstić information content (AvgIpc) is 3.13. The SMILES string of the molecule is Cc1nc(S/C(=C\c2cc(C)n(-c3ccc(F)c(Cl)c3)c2C)C(=O)O)n[nH]1. The third-order valence-corrected chi connectivity index (χ3v) is 5.07. The van der Waals surface area contributed by atoms with Crippen molar-refractivity contribution in [1.29, 1.82) is 0 Å². The number of nitrogens with one attached hydrogen (secondary N) is 1. The number of carbonyl (C=O) groups is 1. The van der Waals surface area contributed by atoms with Gasteiger partial charge in [0.2, 0.25) is 5.16 Å². The third kappa shape index (κ3) is 4.06. The summed E-state index contributed by atoms with van der Waals surface area (Å²) in [6.07, 6.45) is 1.57. The Bertz CT molecular complexity index is 1060. The van der Waals surface area contributed by atoms with E-state index in [-0.39, 0.29) is 9.93 Å². The number of benzene rings is 1. The van der Waals surface area contributed by atoms with Gasteiger partial charge in [-0.3, -0.25) is 5.10 Å². The zero-order chi connectivity index (χ0) is 19.7. The van der Waals surface area contributed by atoms with Crippen LogP contribution in [0.3, 0.4) is 0 Å². The van der Waals surface area contributed by atoms with E-state index in [1.54, 1.807) is 19.1 Å². The van der Waals surface area contributed by atoms with Crippen molar-refractivity contribution >= 4 is 35.4 Å². The molecule has 9 heteroatoms. The minimum atomic E-state index is -1.07. The number of aromatic nitrogens is 4. The molecular weight excluding hydrogens is 391 g/mol. The van der Waals surface area contributed by atoms with Gasteiger partial charge in [0.25, 0.3) is 0 Å². The van der Waals surface area contributed by atoms with Crippen LogP contribution in [0.15, 0.2) is 34.3 Å². The Morgan fingerprint density at radius 1 is 1.33 bits per heavy atom. The van der Waals surface area contributed by atoms with Gasteiger partial charge in [0.1, 0.15) is 16.5 Å². The van der Waals surface area contributed by atoms with Crippen LogP contribution < -0.4 is 0 Å². The maximum atomic E-state index is 13.5. The Morgan fingerprint density at radius 3 is 2.67 bits per heavy atom. The van der Waals surface area contributed by atoms with Gasteiger partial charge in [0.05, 0.1) is 5.02 Å². The summed E-state index contributed by atoms with van der Waals surface area (Å²) in [7, 11) is 0. The molecule has 0 aliphatic carbocycles. The standard InChI is InChI=1S/C18H16ClFN4O2S/c1-9-6-12(7-16(17(25)26)27-18-21-11(3)22-23-18)10(2)24(9)13-4-5-15(20)14(19)8-13/h4-8H,1-3H3,(H,25,26)(H,21,22,23)/b16-7-. The number of carboxylic acid groups (broad SMARTS) is 1. The van der Waals surface area contributed by atoms with Gasteiger partial charge in [-0.1, -0.05) is 11.6 Å². The molecule has 2 heterocycles. The monoisotopic (exact) mass is 406 g/mol. The molecule has 0 fully saturated rings. The van der Waals surface area contributed by atoms with E-state index in [9.17, 15) is 14.3 Å². The second-order valence-corrected chi connectivity index (χ2v) is 7.30. The second kappa shape index (κ2) is 7.58. The molecule has 0 radical (unpaired) electrons. The molecule has 0 saturated heterocycles. The molecular formula is C18H16ClFN4O2S. The third-order valence-electron chi connectivity index (χ3n) is 3.91. The highest BCUT2D eigenvalue weighted by Crippen LogP contribution is 2.29. The topological polar surface area (TPSA) is 83.8 Å². The molecule has 3 aromatic rings. The van der Waals surface area contributed by atoms with Crippen molar-refractivity contribution in [3.8, 4) is 5.69 Å². The predicted octanol–water partition coefficient (Wildman–Crippen LogP) is 4.53. The van der Waals surface area contributed by atoms with E-state index in [4.69, 9.17) is 11.6 Å². The Hall–Kier alpha value is -2.58. The molecule has 2 aromatic heterocycles. The highest BCUT2D eigenvalue weighted by Gasteiger charge is 2.16. The first-order valence-corrected chi connectivity index (χ1v) is 9.12.